The predicted molar refractivity (Wildman–Crippen MR) is 65.0 cm³/mol. The largest absolute Gasteiger partial charge is 0.366 e. The van der Waals surface area contributed by atoms with Crippen LogP contribution in [0.1, 0.15) is 32.3 Å². The molecular formula is C13H20N2. The summed E-state index contributed by atoms with van der Waals surface area (Å²) in [5.74, 6) is 0. The lowest BCUT2D eigenvalue weighted by molar-refractivity contribution is 0.518. The summed E-state index contributed by atoms with van der Waals surface area (Å²) in [5, 5.41) is 0. The first-order chi connectivity index (χ1) is 7.13. The van der Waals surface area contributed by atoms with Crippen LogP contribution in [0.25, 0.3) is 0 Å². The zero-order valence-electron chi connectivity index (χ0n) is 9.66. The minimum atomic E-state index is 0.299. The van der Waals surface area contributed by atoms with Gasteiger partial charge in [0.1, 0.15) is 0 Å². The maximum Gasteiger partial charge on any atom is 0.0373 e. The van der Waals surface area contributed by atoms with Crippen LogP contribution in [-0.4, -0.2) is 12.1 Å². The van der Waals surface area contributed by atoms with Crippen LogP contribution in [0.3, 0.4) is 0 Å². The first-order valence-electron chi connectivity index (χ1n) is 5.70. The molecule has 2 rings (SSSR count). The van der Waals surface area contributed by atoms with Crippen LogP contribution >= 0.6 is 0 Å². The monoisotopic (exact) mass is 204 g/mol. The summed E-state index contributed by atoms with van der Waals surface area (Å²) in [6.07, 6.45) is 2.57. The van der Waals surface area contributed by atoms with E-state index in [0.717, 1.165) is 0 Å². The van der Waals surface area contributed by atoms with Crippen LogP contribution in [0.2, 0.25) is 0 Å². The van der Waals surface area contributed by atoms with E-state index in [2.05, 4.69) is 43.0 Å². The molecule has 2 heteroatoms. The third-order valence-corrected chi connectivity index (χ3v) is 3.36. The number of benzene rings is 1. The third-order valence-electron chi connectivity index (χ3n) is 3.36. The highest BCUT2D eigenvalue weighted by atomic mass is 15.2. The van der Waals surface area contributed by atoms with Gasteiger partial charge in [-0.25, -0.2) is 0 Å². The van der Waals surface area contributed by atoms with Gasteiger partial charge in [0.15, 0.2) is 0 Å². The number of nitrogens with zero attached hydrogens (tertiary/aromatic N) is 1. The van der Waals surface area contributed by atoms with E-state index in [1.165, 1.54) is 30.6 Å². The lowest BCUT2D eigenvalue weighted by Crippen LogP contribution is -2.38. The quantitative estimate of drug-likeness (QED) is 0.802. The van der Waals surface area contributed by atoms with Crippen molar-refractivity contribution in [3.63, 3.8) is 0 Å². The van der Waals surface area contributed by atoms with Gasteiger partial charge in [0.05, 0.1) is 0 Å². The normalized spacial score (nSPS) is 19.5. The SMILES string of the molecule is CC1(C)CCCN1c1cccc(CN)c1. The van der Waals surface area contributed by atoms with Crippen LogP contribution in [-0.2, 0) is 6.54 Å². The highest BCUT2D eigenvalue weighted by Gasteiger charge is 2.31. The predicted octanol–water partition coefficient (Wildman–Crippen LogP) is 2.52. The molecule has 0 spiro atoms. The lowest BCUT2D eigenvalue weighted by Gasteiger charge is -2.34. The molecule has 15 heavy (non-hydrogen) atoms. The Kier molecular flexibility index (Phi) is 2.70. The molecule has 1 aliphatic rings. The van der Waals surface area contributed by atoms with Crippen LogP contribution < -0.4 is 10.6 Å². The Labute approximate surface area is 92.1 Å². The minimum absolute atomic E-state index is 0.299. The molecule has 0 atom stereocenters. The Hall–Kier alpha value is -1.02. The molecular weight excluding hydrogens is 184 g/mol. The number of rotatable bonds is 2. The molecule has 0 unspecified atom stereocenters. The average Bonchev–Trinajstić information content (AvgIpc) is 2.58. The maximum atomic E-state index is 5.67. The van der Waals surface area contributed by atoms with Gasteiger partial charge in [-0.1, -0.05) is 12.1 Å². The average molecular weight is 204 g/mol. The molecule has 1 aromatic carbocycles. The highest BCUT2D eigenvalue weighted by Crippen LogP contribution is 2.33. The van der Waals surface area contributed by atoms with Crippen molar-refractivity contribution in [2.45, 2.75) is 38.8 Å². The molecule has 1 heterocycles. The Bertz CT molecular complexity index is 344. The van der Waals surface area contributed by atoms with Crippen molar-refractivity contribution in [2.24, 2.45) is 5.73 Å². The first-order valence-corrected chi connectivity index (χ1v) is 5.70. The van der Waals surface area contributed by atoms with Gasteiger partial charge in [-0.3, -0.25) is 0 Å². The second kappa shape index (κ2) is 3.86. The van der Waals surface area contributed by atoms with Crippen LogP contribution in [0.15, 0.2) is 24.3 Å². The highest BCUT2D eigenvalue weighted by molar-refractivity contribution is 5.51. The second-order valence-corrected chi connectivity index (χ2v) is 4.94. The molecule has 2 N–H and O–H groups in total. The molecule has 0 aromatic heterocycles. The third kappa shape index (κ3) is 2.00. The van der Waals surface area contributed by atoms with E-state index in [1.54, 1.807) is 0 Å². The van der Waals surface area contributed by atoms with E-state index in [0.29, 0.717) is 12.1 Å². The Morgan fingerprint density at radius 1 is 1.40 bits per heavy atom. The van der Waals surface area contributed by atoms with E-state index in [4.69, 9.17) is 5.73 Å². The zero-order chi connectivity index (χ0) is 10.9. The molecule has 1 fully saturated rings. The molecule has 0 saturated carbocycles. The molecule has 0 bridgehead atoms. The fourth-order valence-electron chi connectivity index (χ4n) is 2.44. The second-order valence-electron chi connectivity index (χ2n) is 4.94. The number of anilines is 1. The molecule has 82 valence electrons. The van der Waals surface area contributed by atoms with E-state index < -0.39 is 0 Å². The van der Waals surface area contributed by atoms with Crippen molar-refractivity contribution in [3.8, 4) is 0 Å². The summed E-state index contributed by atoms with van der Waals surface area (Å²) < 4.78 is 0. The van der Waals surface area contributed by atoms with Crippen LogP contribution in [0, 0.1) is 0 Å². The number of hydrogen-bond donors (Lipinski definition) is 1. The van der Waals surface area contributed by atoms with Crippen molar-refractivity contribution < 1.29 is 0 Å². The van der Waals surface area contributed by atoms with Gasteiger partial charge in [0, 0.05) is 24.3 Å². The summed E-state index contributed by atoms with van der Waals surface area (Å²) in [4.78, 5) is 2.49. The van der Waals surface area contributed by atoms with Gasteiger partial charge in [-0.15, -0.1) is 0 Å². The first kappa shape index (κ1) is 10.5. The minimum Gasteiger partial charge on any atom is -0.366 e. The van der Waals surface area contributed by atoms with E-state index in [9.17, 15) is 0 Å². The molecule has 1 aliphatic heterocycles. The Balaban J connectivity index is 2.29. The van der Waals surface area contributed by atoms with Crippen LogP contribution in [0.4, 0.5) is 5.69 Å². The zero-order valence-corrected chi connectivity index (χ0v) is 9.66. The summed E-state index contributed by atoms with van der Waals surface area (Å²) in [5.41, 5.74) is 8.50. The van der Waals surface area contributed by atoms with Crippen molar-refractivity contribution in [1.82, 2.24) is 0 Å². The Morgan fingerprint density at radius 3 is 2.80 bits per heavy atom. The van der Waals surface area contributed by atoms with Gasteiger partial charge in [0.2, 0.25) is 0 Å². The van der Waals surface area contributed by atoms with Gasteiger partial charge in [-0.2, -0.15) is 0 Å². The Morgan fingerprint density at radius 2 is 2.20 bits per heavy atom. The summed E-state index contributed by atoms with van der Waals surface area (Å²) in [6.45, 7) is 6.42. The van der Waals surface area contributed by atoms with Crippen molar-refractivity contribution in [3.05, 3.63) is 29.8 Å². The number of nitrogens with two attached hydrogens (primary N) is 1. The summed E-state index contributed by atoms with van der Waals surface area (Å²) in [6, 6.07) is 8.60. The molecule has 0 amide bonds. The fraction of sp³-hybridized carbons (Fsp3) is 0.538. The molecule has 2 nitrogen and oxygen atoms in total. The maximum absolute atomic E-state index is 5.67. The van der Waals surface area contributed by atoms with Crippen LogP contribution in [0.5, 0.6) is 0 Å². The standard InChI is InChI=1S/C13H20N2/c1-13(2)7-4-8-15(13)12-6-3-5-11(9-12)10-14/h3,5-6,9H,4,7-8,10,14H2,1-2H3. The van der Waals surface area contributed by atoms with Crippen molar-refractivity contribution in [1.29, 1.82) is 0 Å². The summed E-state index contributed by atoms with van der Waals surface area (Å²) in [7, 11) is 0. The van der Waals surface area contributed by atoms with E-state index in [1.807, 2.05) is 0 Å². The number of hydrogen-bond acceptors (Lipinski definition) is 2. The van der Waals surface area contributed by atoms with Gasteiger partial charge in [-0.05, 0) is 44.4 Å². The summed E-state index contributed by atoms with van der Waals surface area (Å²) >= 11 is 0. The fourth-order valence-corrected chi connectivity index (χ4v) is 2.44. The molecule has 1 saturated heterocycles. The molecule has 0 radical (unpaired) electrons. The van der Waals surface area contributed by atoms with Gasteiger partial charge < -0.3 is 10.6 Å². The van der Waals surface area contributed by atoms with Gasteiger partial charge >= 0.3 is 0 Å². The molecule has 0 aliphatic carbocycles. The molecule has 1 aromatic rings. The lowest BCUT2D eigenvalue weighted by atomic mass is 10.0. The smallest absolute Gasteiger partial charge is 0.0373 e. The van der Waals surface area contributed by atoms with Crippen molar-refractivity contribution >= 4 is 5.69 Å². The van der Waals surface area contributed by atoms with E-state index >= 15 is 0 Å². The van der Waals surface area contributed by atoms with Crippen molar-refractivity contribution in [2.75, 3.05) is 11.4 Å². The topological polar surface area (TPSA) is 29.3 Å². The van der Waals surface area contributed by atoms with E-state index in [-0.39, 0.29) is 0 Å². The van der Waals surface area contributed by atoms with Gasteiger partial charge in [0.25, 0.3) is 0 Å².